The quantitative estimate of drug-likeness (QED) is 0.424. The number of hydrogen-bond acceptors (Lipinski definition) is 4. The molecule has 0 saturated carbocycles. The van der Waals surface area contributed by atoms with E-state index in [1.54, 1.807) is 7.11 Å². The van der Waals surface area contributed by atoms with E-state index in [9.17, 15) is 4.79 Å². The Morgan fingerprint density at radius 2 is 1.56 bits per heavy atom. The van der Waals surface area contributed by atoms with Gasteiger partial charge in [0.2, 0.25) is 5.90 Å². The van der Waals surface area contributed by atoms with Crippen LogP contribution >= 0.6 is 0 Å². The minimum atomic E-state index is -0.262. The van der Waals surface area contributed by atoms with Crippen LogP contribution in [0.4, 0.5) is 0 Å². The molecule has 0 N–H and O–H groups in total. The second-order valence-corrected chi connectivity index (χ2v) is 9.73. The molecule has 2 aromatic heterocycles. The van der Waals surface area contributed by atoms with Crippen molar-refractivity contribution in [2.75, 3.05) is 34.4 Å². The molecule has 0 saturated heterocycles. The Labute approximate surface area is 210 Å². The van der Waals surface area contributed by atoms with Gasteiger partial charge in [0.1, 0.15) is 0 Å². The highest BCUT2D eigenvalue weighted by molar-refractivity contribution is 6.48. The molecule has 2 aromatic carbocycles. The number of para-hydroxylation sites is 2. The maximum atomic E-state index is 13.4. The van der Waals surface area contributed by atoms with Crippen molar-refractivity contribution in [1.82, 2.24) is 14.0 Å². The second kappa shape index (κ2) is 9.08. The van der Waals surface area contributed by atoms with Crippen molar-refractivity contribution in [2.24, 2.45) is 4.99 Å². The number of aromatic nitrogens is 2. The summed E-state index contributed by atoms with van der Waals surface area (Å²) in [6.45, 7) is 2.96. The van der Waals surface area contributed by atoms with Crippen molar-refractivity contribution in [3.63, 3.8) is 0 Å². The largest absolute Gasteiger partial charge is 0.480 e. The first kappa shape index (κ1) is 22.8. The molecule has 7 nitrogen and oxygen atoms in total. The van der Waals surface area contributed by atoms with Gasteiger partial charge in [-0.2, -0.15) is 4.99 Å². The minimum Gasteiger partial charge on any atom is -0.480 e. The molecule has 36 heavy (non-hydrogen) atoms. The van der Waals surface area contributed by atoms with Crippen LogP contribution in [0.5, 0.6) is 0 Å². The predicted octanol–water partition coefficient (Wildman–Crippen LogP) is 4.44. The van der Waals surface area contributed by atoms with Gasteiger partial charge < -0.3 is 23.5 Å². The monoisotopic (exact) mass is 482 g/mol. The van der Waals surface area contributed by atoms with Crippen LogP contribution in [0.3, 0.4) is 0 Å². The Balaban J connectivity index is 1.63. The van der Waals surface area contributed by atoms with Crippen molar-refractivity contribution < 1.29 is 14.3 Å². The molecule has 7 heteroatoms. The third kappa shape index (κ3) is 3.75. The summed E-state index contributed by atoms with van der Waals surface area (Å²) in [5, 5.41) is 2.10. The van der Waals surface area contributed by atoms with E-state index in [1.807, 2.05) is 24.3 Å². The number of aryl methyl sites for hydroxylation is 1. The Bertz CT molecular complexity index is 1540. The second-order valence-electron chi connectivity index (χ2n) is 9.73. The first-order valence-electron chi connectivity index (χ1n) is 12.4. The highest BCUT2D eigenvalue weighted by Crippen LogP contribution is 2.40. The van der Waals surface area contributed by atoms with Gasteiger partial charge in [-0.15, -0.1) is 0 Å². The van der Waals surface area contributed by atoms with E-state index in [-0.39, 0.29) is 12.0 Å². The Hall–Kier alpha value is -3.68. The third-order valence-corrected chi connectivity index (χ3v) is 7.14. The van der Waals surface area contributed by atoms with Crippen molar-refractivity contribution in [2.45, 2.75) is 25.6 Å². The van der Waals surface area contributed by atoms with E-state index in [1.165, 1.54) is 0 Å². The number of methoxy groups -OCH3 is 1. The fraction of sp³-hybridized carbons (Fsp3) is 0.310. The van der Waals surface area contributed by atoms with E-state index in [2.05, 4.69) is 69.8 Å². The topological polar surface area (TPSA) is 61.0 Å². The number of benzene rings is 2. The highest BCUT2D eigenvalue weighted by atomic mass is 16.5. The summed E-state index contributed by atoms with van der Waals surface area (Å²) < 4.78 is 16.6. The van der Waals surface area contributed by atoms with Gasteiger partial charge in [0.05, 0.1) is 31.0 Å². The first-order valence-corrected chi connectivity index (χ1v) is 12.4. The maximum absolute atomic E-state index is 13.4. The number of likely N-dealkylation sites (N-methyl/N-ethyl adjacent to an activating group) is 1. The number of fused-ring (bicyclic) bond motifs is 12. The smallest absolute Gasteiger partial charge is 0.281 e. The number of hydrogen-bond donors (Lipinski definition) is 0. The van der Waals surface area contributed by atoms with Crippen LogP contribution in [-0.2, 0) is 27.4 Å². The summed E-state index contributed by atoms with van der Waals surface area (Å²) in [5.74, 6) is 0.103. The van der Waals surface area contributed by atoms with Gasteiger partial charge >= 0.3 is 0 Å². The van der Waals surface area contributed by atoms with Gasteiger partial charge in [-0.05, 0) is 32.6 Å². The summed E-state index contributed by atoms with van der Waals surface area (Å²) >= 11 is 0. The SMILES string of the molecule is COC1=NC(=O)C2=C1c1cn(c3ccccc13)CCOC(CN(C)C)CCn1cc2c2ccccc21. The number of amides is 1. The number of aliphatic imine (C=N–C) groups is 1. The number of carbonyl (C=O) groups excluding carboxylic acids is 1. The molecule has 0 spiro atoms. The molecule has 0 radical (unpaired) electrons. The molecule has 2 aliphatic rings. The first-order chi connectivity index (χ1) is 17.5. The lowest BCUT2D eigenvalue weighted by atomic mass is 9.95. The number of carbonyl (C=O) groups is 1. The average molecular weight is 483 g/mol. The zero-order chi connectivity index (χ0) is 24.8. The summed E-state index contributed by atoms with van der Waals surface area (Å²) in [5.41, 5.74) is 5.39. The summed E-state index contributed by atoms with van der Waals surface area (Å²) in [6, 6.07) is 16.5. The van der Waals surface area contributed by atoms with E-state index in [0.717, 1.165) is 58.0 Å². The van der Waals surface area contributed by atoms with E-state index in [0.29, 0.717) is 24.6 Å². The zero-order valence-corrected chi connectivity index (χ0v) is 20.9. The lowest BCUT2D eigenvalue weighted by Crippen LogP contribution is -2.30. The number of nitrogens with zero attached hydrogens (tertiary/aromatic N) is 4. The normalized spacial score (nSPS) is 18.6. The minimum absolute atomic E-state index is 0.0974. The molecule has 6 rings (SSSR count). The summed E-state index contributed by atoms with van der Waals surface area (Å²) in [7, 11) is 5.74. The van der Waals surface area contributed by atoms with Crippen LogP contribution in [-0.4, -0.2) is 66.3 Å². The fourth-order valence-corrected chi connectivity index (χ4v) is 5.56. The van der Waals surface area contributed by atoms with Gasteiger partial charge in [0.25, 0.3) is 5.91 Å². The summed E-state index contributed by atoms with van der Waals surface area (Å²) in [4.78, 5) is 19.9. The predicted molar refractivity (Wildman–Crippen MR) is 143 cm³/mol. The fourth-order valence-electron chi connectivity index (χ4n) is 5.56. The van der Waals surface area contributed by atoms with Gasteiger partial charge in [-0.1, -0.05) is 36.4 Å². The Kier molecular flexibility index (Phi) is 5.74. The van der Waals surface area contributed by atoms with Crippen LogP contribution in [0.25, 0.3) is 33.0 Å². The van der Waals surface area contributed by atoms with Gasteiger partial charge in [-0.3, -0.25) is 4.79 Å². The molecule has 1 amide bonds. The number of rotatable bonds is 2. The molecule has 0 fully saturated rings. The zero-order valence-electron chi connectivity index (χ0n) is 20.9. The Morgan fingerprint density at radius 1 is 0.944 bits per heavy atom. The molecule has 2 aliphatic heterocycles. The standard InChI is InChI=1S/C29H30N4O3/c1-31(2)16-19-12-13-32-17-22(20-8-4-6-10-24(20)32)26-27(29(35-3)30-28(26)34)23-18-33(14-15-36-19)25-11-7-5-9-21(23)25/h4-11,17-19H,12-16H2,1-3H3. The maximum Gasteiger partial charge on any atom is 0.281 e. The Morgan fingerprint density at radius 3 is 2.19 bits per heavy atom. The molecule has 4 heterocycles. The van der Waals surface area contributed by atoms with Gasteiger partial charge in [-0.25, -0.2) is 0 Å². The van der Waals surface area contributed by atoms with Crippen LogP contribution in [0.2, 0.25) is 0 Å². The van der Waals surface area contributed by atoms with Gasteiger partial charge in [0, 0.05) is 65.0 Å². The molecule has 0 aliphatic carbocycles. The third-order valence-electron chi connectivity index (χ3n) is 7.14. The molecular formula is C29H30N4O3. The molecule has 1 atom stereocenters. The van der Waals surface area contributed by atoms with E-state index >= 15 is 0 Å². The lowest BCUT2D eigenvalue weighted by Gasteiger charge is -2.22. The van der Waals surface area contributed by atoms with Crippen molar-refractivity contribution in [3.05, 3.63) is 72.1 Å². The average Bonchev–Trinajstić information content (AvgIpc) is 3.52. The van der Waals surface area contributed by atoms with Crippen LogP contribution in [0.15, 0.2) is 65.9 Å². The molecular weight excluding hydrogens is 452 g/mol. The van der Waals surface area contributed by atoms with E-state index in [4.69, 9.17) is 9.47 Å². The van der Waals surface area contributed by atoms with Crippen molar-refractivity contribution in [3.8, 4) is 0 Å². The summed E-state index contributed by atoms with van der Waals surface area (Å²) in [6.07, 6.45) is 5.18. The number of ether oxygens (including phenoxy) is 2. The van der Waals surface area contributed by atoms with Crippen LogP contribution in [0, 0.1) is 0 Å². The molecule has 4 bridgehead atoms. The van der Waals surface area contributed by atoms with Crippen LogP contribution in [0.1, 0.15) is 17.5 Å². The van der Waals surface area contributed by atoms with Crippen molar-refractivity contribution in [1.29, 1.82) is 0 Å². The molecule has 4 aromatic rings. The van der Waals surface area contributed by atoms with Crippen LogP contribution < -0.4 is 0 Å². The van der Waals surface area contributed by atoms with Gasteiger partial charge in [0.15, 0.2) is 0 Å². The highest BCUT2D eigenvalue weighted by Gasteiger charge is 2.33. The lowest BCUT2D eigenvalue weighted by molar-refractivity contribution is -0.112. The molecule has 1 unspecified atom stereocenters. The van der Waals surface area contributed by atoms with Crippen molar-refractivity contribution >= 4 is 44.8 Å². The van der Waals surface area contributed by atoms with E-state index < -0.39 is 0 Å². The molecule has 184 valence electrons.